The van der Waals surface area contributed by atoms with Crippen molar-refractivity contribution in [3.63, 3.8) is 0 Å². The molecule has 2 aromatic rings. The Kier molecular flexibility index (Phi) is 3.99. The topological polar surface area (TPSA) is 24.9 Å². The molecular weight excluding hydrogens is 234 g/mol. The number of pyridine rings is 1. The predicted molar refractivity (Wildman–Crippen MR) is 66.3 cm³/mol. The summed E-state index contributed by atoms with van der Waals surface area (Å²) >= 11 is 0. The van der Waals surface area contributed by atoms with Gasteiger partial charge in [-0.3, -0.25) is 4.98 Å². The normalized spacial score (nSPS) is 11.4. The lowest BCUT2D eigenvalue weighted by atomic mass is 10.1. The Morgan fingerprint density at radius 2 is 1.67 bits per heavy atom. The molecule has 0 radical (unpaired) electrons. The van der Waals surface area contributed by atoms with Gasteiger partial charge in [-0.1, -0.05) is 30.3 Å². The minimum atomic E-state index is -2.85. The zero-order chi connectivity index (χ0) is 12.8. The van der Waals surface area contributed by atoms with Crippen molar-refractivity contribution in [3.05, 3.63) is 66.0 Å². The second-order valence-corrected chi connectivity index (χ2v) is 4.03. The summed E-state index contributed by atoms with van der Waals surface area (Å²) in [5.41, 5.74) is 0.973. The summed E-state index contributed by atoms with van der Waals surface area (Å²) in [6, 6.07) is 11.4. The average Bonchev–Trinajstić information content (AvgIpc) is 2.41. The Hall–Kier alpha value is -1.81. The SMILES string of the molecule is FC(F)(CNCc1ccncc1)c1ccccc1. The fourth-order valence-corrected chi connectivity index (χ4v) is 1.65. The van der Waals surface area contributed by atoms with Gasteiger partial charge in [-0.2, -0.15) is 8.78 Å². The average molecular weight is 248 g/mol. The van der Waals surface area contributed by atoms with Crippen LogP contribution in [-0.2, 0) is 12.5 Å². The lowest BCUT2D eigenvalue weighted by Gasteiger charge is -2.17. The molecule has 0 bridgehead atoms. The molecule has 0 amide bonds. The largest absolute Gasteiger partial charge is 0.307 e. The third kappa shape index (κ3) is 3.34. The molecule has 1 aromatic carbocycles. The Morgan fingerprint density at radius 3 is 2.33 bits per heavy atom. The maximum absolute atomic E-state index is 13.8. The molecule has 0 saturated heterocycles. The molecule has 0 aliphatic rings. The fourth-order valence-electron chi connectivity index (χ4n) is 1.65. The van der Waals surface area contributed by atoms with E-state index in [9.17, 15) is 8.78 Å². The van der Waals surface area contributed by atoms with Crippen molar-refractivity contribution < 1.29 is 8.78 Å². The number of rotatable bonds is 5. The predicted octanol–water partition coefficient (Wildman–Crippen LogP) is 2.96. The molecule has 0 aliphatic heterocycles. The zero-order valence-electron chi connectivity index (χ0n) is 9.81. The standard InChI is InChI=1S/C14H14F2N2/c15-14(16,13-4-2-1-3-5-13)11-18-10-12-6-8-17-9-7-12/h1-9,18H,10-11H2. The number of hydrogen-bond donors (Lipinski definition) is 1. The van der Waals surface area contributed by atoms with E-state index in [1.165, 1.54) is 12.1 Å². The molecule has 0 atom stereocenters. The van der Waals surface area contributed by atoms with Gasteiger partial charge in [0.2, 0.25) is 0 Å². The first-order chi connectivity index (χ1) is 8.68. The van der Waals surface area contributed by atoms with E-state index in [1.54, 1.807) is 42.7 Å². The maximum atomic E-state index is 13.8. The van der Waals surface area contributed by atoms with Crippen LogP contribution < -0.4 is 5.32 Å². The van der Waals surface area contributed by atoms with Crippen molar-refractivity contribution in [2.45, 2.75) is 12.5 Å². The van der Waals surface area contributed by atoms with Gasteiger partial charge in [0.05, 0.1) is 6.54 Å². The van der Waals surface area contributed by atoms with Crippen molar-refractivity contribution >= 4 is 0 Å². The first-order valence-corrected chi connectivity index (χ1v) is 5.71. The van der Waals surface area contributed by atoms with Crippen molar-refractivity contribution in [3.8, 4) is 0 Å². The Balaban J connectivity index is 1.90. The van der Waals surface area contributed by atoms with Gasteiger partial charge in [-0.05, 0) is 17.7 Å². The highest BCUT2D eigenvalue weighted by Crippen LogP contribution is 2.26. The van der Waals surface area contributed by atoms with Crippen LogP contribution in [0.15, 0.2) is 54.9 Å². The van der Waals surface area contributed by atoms with Crippen LogP contribution in [0.5, 0.6) is 0 Å². The molecule has 0 spiro atoms. The van der Waals surface area contributed by atoms with Gasteiger partial charge in [0.1, 0.15) is 0 Å². The van der Waals surface area contributed by atoms with Gasteiger partial charge in [-0.15, -0.1) is 0 Å². The summed E-state index contributed by atoms with van der Waals surface area (Å²) in [6.07, 6.45) is 3.29. The second-order valence-electron chi connectivity index (χ2n) is 4.03. The third-order valence-electron chi connectivity index (χ3n) is 2.62. The van der Waals surface area contributed by atoms with Crippen LogP contribution in [0.1, 0.15) is 11.1 Å². The lowest BCUT2D eigenvalue weighted by Crippen LogP contribution is -2.30. The van der Waals surface area contributed by atoms with E-state index in [2.05, 4.69) is 10.3 Å². The molecule has 0 unspecified atom stereocenters. The Labute approximate surface area is 105 Å². The van der Waals surface area contributed by atoms with Crippen LogP contribution in [0.2, 0.25) is 0 Å². The summed E-state index contributed by atoms with van der Waals surface area (Å²) in [6.45, 7) is 0.0320. The summed E-state index contributed by atoms with van der Waals surface area (Å²) in [5.74, 6) is -2.85. The van der Waals surface area contributed by atoms with Gasteiger partial charge in [0.15, 0.2) is 0 Å². The summed E-state index contributed by atoms with van der Waals surface area (Å²) in [4.78, 5) is 3.87. The number of halogens is 2. The monoisotopic (exact) mass is 248 g/mol. The summed E-state index contributed by atoms with van der Waals surface area (Å²) < 4.78 is 27.6. The van der Waals surface area contributed by atoms with E-state index in [0.29, 0.717) is 6.54 Å². The number of benzene rings is 1. The van der Waals surface area contributed by atoms with Crippen molar-refractivity contribution in [2.24, 2.45) is 0 Å². The first-order valence-electron chi connectivity index (χ1n) is 5.71. The Morgan fingerprint density at radius 1 is 1.00 bits per heavy atom. The van der Waals surface area contributed by atoms with Crippen LogP contribution in [0.4, 0.5) is 8.78 Å². The van der Waals surface area contributed by atoms with Gasteiger partial charge in [0.25, 0.3) is 5.92 Å². The number of nitrogens with zero attached hydrogens (tertiary/aromatic N) is 1. The summed E-state index contributed by atoms with van der Waals surface area (Å²) in [7, 11) is 0. The highest BCUT2D eigenvalue weighted by molar-refractivity contribution is 5.20. The third-order valence-corrected chi connectivity index (χ3v) is 2.62. The molecule has 1 N–H and O–H groups in total. The van der Waals surface area contributed by atoms with E-state index in [1.807, 2.05) is 0 Å². The van der Waals surface area contributed by atoms with Gasteiger partial charge < -0.3 is 5.32 Å². The quantitative estimate of drug-likeness (QED) is 0.880. The number of hydrogen-bond acceptors (Lipinski definition) is 2. The maximum Gasteiger partial charge on any atom is 0.285 e. The smallest absolute Gasteiger partial charge is 0.285 e. The second kappa shape index (κ2) is 5.69. The van der Waals surface area contributed by atoms with Crippen LogP contribution in [0, 0.1) is 0 Å². The summed E-state index contributed by atoms with van der Waals surface area (Å²) in [5, 5.41) is 2.76. The van der Waals surface area contributed by atoms with E-state index < -0.39 is 5.92 Å². The van der Waals surface area contributed by atoms with Crippen molar-refractivity contribution in [1.82, 2.24) is 10.3 Å². The van der Waals surface area contributed by atoms with Gasteiger partial charge in [-0.25, -0.2) is 0 Å². The fraction of sp³-hybridized carbons (Fsp3) is 0.214. The lowest BCUT2D eigenvalue weighted by molar-refractivity contribution is -0.00343. The molecule has 94 valence electrons. The van der Waals surface area contributed by atoms with E-state index in [0.717, 1.165) is 5.56 Å². The van der Waals surface area contributed by atoms with Crippen LogP contribution in [0.25, 0.3) is 0 Å². The minimum absolute atomic E-state index is 0.0345. The van der Waals surface area contributed by atoms with Crippen LogP contribution in [-0.4, -0.2) is 11.5 Å². The highest BCUT2D eigenvalue weighted by Gasteiger charge is 2.30. The minimum Gasteiger partial charge on any atom is -0.307 e. The molecular formula is C14H14F2N2. The number of alkyl halides is 2. The molecule has 1 aromatic heterocycles. The van der Waals surface area contributed by atoms with Crippen LogP contribution in [0.3, 0.4) is 0 Å². The van der Waals surface area contributed by atoms with E-state index >= 15 is 0 Å². The Bertz CT molecular complexity index is 472. The number of nitrogens with one attached hydrogen (secondary N) is 1. The molecule has 1 heterocycles. The molecule has 4 heteroatoms. The molecule has 0 saturated carbocycles. The van der Waals surface area contributed by atoms with E-state index in [4.69, 9.17) is 0 Å². The van der Waals surface area contributed by atoms with Gasteiger partial charge in [0, 0.05) is 24.5 Å². The molecule has 18 heavy (non-hydrogen) atoms. The number of aromatic nitrogens is 1. The molecule has 2 nitrogen and oxygen atoms in total. The van der Waals surface area contributed by atoms with Crippen LogP contribution >= 0.6 is 0 Å². The molecule has 0 aliphatic carbocycles. The first kappa shape index (κ1) is 12.6. The highest BCUT2D eigenvalue weighted by atomic mass is 19.3. The molecule has 0 fully saturated rings. The van der Waals surface area contributed by atoms with Crippen molar-refractivity contribution in [2.75, 3.05) is 6.54 Å². The molecule has 2 rings (SSSR count). The van der Waals surface area contributed by atoms with Gasteiger partial charge >= 0.3 is 0 Å². The zero-order valence-corrected chi connectivity index (χ0v) is 9.81. The van der Waals surface area contributed by atoms with E-state index in [-0.39, 0.29) is 12.1 Å². The van der Waals surface area contributed by atoms with Crippen molar-refractivity contribution in [1.29, 1.82) is 0 Å².